The molecule has 2 aromatic rings. The van der Waals surface area contributed by atoms with E-state index >= 15 is 0 Å². The van der Waals surface area contributed by atoms with Crippen molar-refractivity contribution in [3.05, 3.63) is 70.3 Å². The van der Waals surface area contributed by atoms with E-state index in [1.807, 2.05) is 0 Å². The van der Waals surface area contributed by atoms with Crippen molar-refractivity contribution in [2.75, 3.05) is 7.11 Å². The van der Waals surface area contributed by atoms with E-state index in [-0.39, 0.29) is 11.5 Å². The maximum atomic E-state index is 14.2. The first kappa shape index (κ1) is 15.6. The Hall–Kier alpha value is -2.27. The number of aliphatic hydroxyl groups excluding tert-OH is 1. The molecule has 1 saturated carbocycles. The summed E-state index contributed by atoms with van der Waals surface area (Å²) in [5, 5.41) is 10.5. The van der Waals surface area contributed by atoms with Crippen molar-refractivity contribution in [1.82, 2.24) is 0 Å². The van der Waals surface area contributed by atoms with Crippen LogP contribution in [0.5, 0.6) is 0 Å². The summed E-state index contributed by atoms with van der Waals surface area (Å²) in [7, 11) is 1.27. The molecule has 0 saturated heterocycles. The van der Waals surface area contributed by atoms with Crippen LogP contribution in [-0.4, -0.2) is 18.2 Å². The van der Waals surface area contributed by atoms with E-state index in [0.717, 1.165) is 18.9 Å². The Balaban J connectivity index is 1.98. The van der Waals surface area contributed by atoms with Crippen LogP contribution in [0, 0.1) is 11.6 Å². The fourth-order valence-corrected chi connectivity index (χ4v) is 2.70. The Kier molecular flexibility index (Phi) is 4.13. The second-order valence-corrected chi connectivity index (χ2v) is 5.65. The first-order valence-corrected chi connectivity index (χ1v) is 7.37. The monoisotopic (exact) mass is 318 g/mol. The highest BCUT2D eigenvalue weighted by Gasteiger charge is 2.31. The summed E-state index contributed by atoms with van der Waals surface area (Å²) in [6.45, 7) is 0. The molecular weight excluding hydrogens is 302 g/mol. The van der Waals surface area contributed by atoms with Gasteiger partial charge in [0, 0.05) is 5.56 Å². The molecule has 0 aliphatic heterocycles. The molecule has 0 aromatic heterocycles. The lowest BCUT2D eigenvalue weighted by Gasteiger charge is -2.17. The molecule has 1 N–H and O–H groups in total. The van der Waals surface area contributed by atoms with E-state index in [1.54, 1.807) is 0 Å². The van der Waals surface area contributed by atoms with Gasteiger partial charge in [-0.25, -0.2) is 13.6 Å². The van der Waals surface area contributed by atoms with Gasteiger partial charge < -0.3 is 9.84 Å². The quantitative estimate of drug-likeness (QED) is 0.874. The normalized spacial score (nSPS) is 15.3. The number of hydrogen-bond donors (Lipinski definition) is 1. The van der Waals surface area contributed by atoms with Crippen molar-refractivity contribution in [3.8, 4) is 0 Å². The van der Waals surface area contributed by atoms with Gasteiger partial charge in [0.1, 0.15) is 6.10 Å². The number of carbonyl (C=O) groups is 1. The molecule has 1 unspecified atom stereocenters. The molecule has 0 bridgehead atoms. The fourth-order valence-electron chi connectivity index (χ4n) is 2.70. The molecule has 1 fully saturated rings. The van der Waals surface area contributed by atoms with Gasteiger partial charge in [-0.3, -0.25) is 0 Å². The Morgan fingerprint density at radius 3 is 2.39 bits per heavy atom. The minimum Gasteiger partial charge on any atom is -0.465 e. The van der Waals surface area contributed by atoms with Gasteiger partial charge in [-0.05, 0) is 48.1 Å². The van der Waals surface area contributed by atoms with E-state index in [0.29, 0.717) is 16.7 Å². The number of aliphatic hydroxyl groups is 1. The standard InChI is InChI=1S/C18H16F2O3/c1-23-18(22)12-6-4-11(5-7-12)17(21)15-13(10-2-3-10)8-9-14(19)16(15)20/h4-10,17,21H,2-3H2,1H3. The van der Waals surface area contributed by atoms with E-state index in [4.69, 9.17) is 0 Å². The number of carbonyl (C=O) groups excluding carboxylic acids is 1. The van der Waals surface area contributed by atoms with Crippen LogP contribution < -0.4 is 0 Å². The van der Waals surface area contributed by atoms with Gasteiger partial charge in [-0.2, -0.15) is 0 Å². The average molecular weight is 318 g/mol. The van der Waals surface area contributed by atoms with E-state index in [1.165, 1.54) is 37.4 Å². The molecule has 23 heavy (non-hydrogen) atoms. The van der Waals surface area contributed by atoms with Crippen LogP contribution in [0.3, 0.4) is 0 Å². The molecule has 1 aliphatic carbocycles. The van der Waals surface area contributed by atoms with Crippen molar-refractivity contribution >= 4 is 5.97 Å². The smallest absolute Gasteiger partial charge is 0.337 e. The van der Waals surface area contributed by atoms with Gasteiger partial charge in [-0.1, -0.05) is 18.2 Å². The molecule has 0 radical (unpaired) electrons. The third-order valence-corrected chi connectivity index (χ3v) is 4.10. The highest BCUT2D eigenvalue weighted by Crippen LogP contribution is 2.44. The highest BCUT2D eigenvalue weighted by molar-refractivity contribution is 5.89. The van der Waals surface area contributed by atoms with Crippen LogP contribution in [0.4, 0.5) is 8.78 Å². The number of rotatable bonds is 4. The van der Waals surface area contributed by atoms with Crippen LogP contribution in [0.1, 0.15) is 51.9 Å². The number of halogens is 2. The second kappa shape index (κ2) is 6.08. The van der Waals surface area contributed by atoms with Crippen molar-refractivity contribution in [2.45, 2.75) is 24.9 Å². The van der Waals surface area contributed by atoms with Gasteiger partial charge in [0.05, 0.1) is 12.7 Å². The lowest BCUT2D eigenvalue weighted by molar-refractivity contribution is 0.0600. The Morgan fingerprint density at radius 1 is 1.17 bits per heavy atom. The molecule has 120 valence electrons. The predicted molar refractivity (Wildman–Crippen MR) is 80.2 cm³/mol. The molecular formula is C18H16F2O3. The van der Waals surface area contributed by atoms with Crippen LogP contribution >= 0.6 is 0 Å². The topological polar surface area (TPSA) is 46.5 Å². The van der Waals surface area contributed by atoms with Crippen molar-refractivity contribution in [3.63, 3.8) is 0 Å². The minimum absolute atomic E-state index is 0.0154. The molecule has 1 aliphatic rings. The zero-order valence-electron chi connectivity index (χ0n) is 12.6. The summed E-state index contributed by atoms with van der Waals surface area (Å²) in [5.41, 5.74) is 1.35. The van der Waals surface area contributed by atoms with Gasteiger partial charge >= 0.3 is 5.97 Å². The third-order valence-electron chi connectivity index (χ3n) is 4.10. The molecule has 2 aromatic carbocycles. The van der Waals surface area contributed by atoms with Crippen molar-refractivity contribution in [1.29, 1.82) is 0 Å². The van der Waals surface area contributed by atoms with Crippen molar-refractivity contribution in [2.24, 2.45) is 0 Å². The molecule has 3 rings (SSSR count). The van der Waals surface area contributed by atoms with Gasteiger partial charge in [0.2, 0.25) is 0 Å². The summed E-state index contributed by atoms with van der Waals surface area (Å²) in [4.78, 5) is 11.4. The largest absolute Gasteiger partial charge is 0.465 e. The minimum atomic E-state index is -1.28. The fraction of sp³-hybridized carbons (Fsp3) is 0.278. The number of benzene rings is 2. The van der Waals surface area contributed by atoms with E-state index in [9.17, 15) is 18.7 Å². The number of hydrogen-bond acceptors (Lipinski definition) is 3. The maximum Gasteiger partial charge on any atom is 0.337 e. The summed E-state index contributed by atoms with van der Waals surface area (Å²) in [6.07, 6.45) is 0.533. The molecule has 0 spiro atoms. The van der Waals surface area contributed by atoms with Crippen LogP contribution in [0.2, 0.25) is 0 Å². The SMILES string of the molecule is COC(=O)c1ccc(C(O)c2c(C3CC3)ccc(F)c2F)cc1. The van der Waals surface area contributed by atoms with E-state index in [2.05, 4.69) is 4.74 Å². The van der Waals surface area contributed by atoms with Gasteiger partial charge in [-0.15, -0.1) is 0 Å². The summed E-state index contributed by atoms with van der Waals surface area (Å²) in [5.74, 6) is -2.32. The first-order valence-electron chi connectivity index (χ1n) is 7.37. The second-order valence-electron chi connectivity index (χ2n) is 5.65. The Labute approximate surface area is 132 Å². The van der Waals surface area contributed by atoms with Gasteiger partial charge in [0.15, 0.2) is 11.6 Å². The molecule has 0 heterocycles. The average Bonchev–Trinajstić information content (AvgIpc) is 3.41. The number of esters is 1. The summed E-state index contributed by atoms with van der Waals surface area (Å²) < 4.78 is 32.4. The summed E-state index contributed by atoms with van der Waals surface area (Å²) in [6, 6.07) is 8.63. The first-order chi connectivity index (χ1) is 11.0. The summed E-state index contributed by atoms with van der Waals surface area (Å²) >= 11 is 0. The Bertz CT molecular complexity index is 737. The zero-order chi connectivity index (χ0) is 16.6. The third kappa shape index (κ3) is 2.97. The van der Waals surface area contributed by atoms with Crippen LogP contribution in [-0.2, 0) is 4.74 Å². The number of ether oxygens (including phenoxy) is 1. The Morgan fingerprint density at radius 2 is 1.83 bits per heavy atom. The predicted octanol–water partition coefficient (Wildman–Crippen LogP) is 3.71. The lowest BCUT2D eigenvalue weighted by atomic mass is 9.93. The number of methoxy groups -OCH3 is 1. The highest BCUT2D eigenvalue weighted by atomic mass is 19.2. The zero-order valence-corrected chi connectivity index (χ0v) is 12.6. The van der Waals surface area contributed by atoms with Gasteiger partial charge in [0.25, 0.3) is 0 Å². The molecule has 5 heteroatoms. The van der Waals surface area contributed by atoms with E-state index < -0.39 is 23.7 Å². The molecule has 1 atom stereocenters. The molecule has 0 amide bonds. The maximum absolute atomic E-state index is 14.2. The van der Waals surface area contributed by atoms with Crippen LogP contribution in [0.25, 0.3) is 0 Å². The van der Waals surface area contributed by atoms with Crippen molar-refractivity contribution < 1.29 is 23.4 Å². The lowest BCUT2D eigenvalue weighted by Crippen LogP contribution is -2.09. The van der Waals surface area contributed by atoms with Crippen LogP contribution in [0.15, 0.2) is 36.4 Å². The molecule has 3 nitrogen and oxygen atoms in total.